The lowest BCUT2D eigenvalue weighted by Gasteiger charge is -2.12. The second-order valence-electron chi connectivity index (χ2n) is 3.66. The van der Waals surface area contributed by atoms with Gasteiger partial charge >= 0.3 is 0 Å². The normalized spacial score (nSPS) is 13.5. The fraction of sp³-hybridized carbons (Fsp3) is 0.556. The van der Waals surface area contributed by atoms with Gasteiger partial charge in [0.05, 0.1) is 5.75 Å². The first-order chi connectivity index (χ1) is 6.87. The van der Waals surface area contributed by atoms with E-state index in [0.29, 0.717) is 5.95 Å². The van der Waals surface area contributed by atoms with Crippen molar-refractivity contribution in [1.82, 2.24) is 9.97 Å². The average molecular weight is 229 g/mol. The van der Waals surface area contributed by atoms with Crippen molar-refractivity contribution in [3.05, 3.63) is 18.0 Å². The van der Waals surface area contributed by atoms with Crippen LogP contribution in [0.3, 0.4) is 0 Å². The van der Waals surface area contributed by atoms with Crippen LogP contribution in [0.15, 0.2) is 12.3 Å². The predicted octanol–water partition coefficient (Wildman–Crippen LogP) is 0.630. The quantitative estimate of drug-likeness (QED) is 0.820. The zero-order valence-electron chi connectivity index (χ0n) is 9.06. The Balaban J connectivity index is 2.63. The average Bonchev–Trinajstić information content (AvgIpc) is 1.99. The number of aryl methyl sites for hydroxylation is 1. The van der Waals surface area contributed by atoms with Crippen LogP contribution in [-0.4, -0.2) is 36.4 Å². The van der Waals surface area contributed by atoms with Crippen molar-refractivity contribution in [2.45, 2.75) is 19.9 Å². The molecule has 0 aliphatic rings. The SMILES string of the molecule is Cc1ccnc(NC(C)CS(C)(=O)=O)n1. The van der Waals surface area contributed by atoms with Gasteiger partial charge in [0.2, 0.25) is 5.95 Å². The molecule has 0 aliphatic carbocycles. The Hall–Kier alpha value is -1.17. The molecule has 15 heavy (non-hydrogen) atoms. The zero-order valence-corrected chi connectivity index (χ0v) is 9.87. The fourth-order valence-corrected chi connectivity index (χ4v) is 2.23. The molecular formula is C9H15N3O2S. The predicted molar refractivity (Wildman–Crippen MR) is 59.6 cm³/mol. The fourth-order valence-electron chi connectivity index (χ4n) is 1.23. The third kappa shape index (κ3) is 4.73. The summed E-state index contributed by atoms with van der Waals surface area (Å²) in [4.78, 5) is 8.12. The van der Waals surface area contributed by atoms with Crippen molar-refractivity contribution in [1.29, 1.82) is 0 Å². The highest BCUT2D eigenvalue weighted by Gasteiger charge is 2.10. The Kier molecular flexibility index (Phi) is 3.62. The van der Waals surface area contributed by atoms with Gasteiger partial charge in [-0.1, -0.05) is 0 Å². The molecule has 1 unspecified atom stereocenters. The Labute approximate surface area is 89.9 Å². The Bertz CT molecular complexity index is 431. The van der Waals surface area contributed by atoms with E-state index in [1.807, 2.05) is 6.92 Å². The summed E-state index contributed by atoms with van der Waals surface area (Å²) in [6.45, 7) is 3.64. The number of nitrogens with zero attached hydrogens (tertiary/aromatic N) is 2. The number of nitrogens with one attached hydrogen (secondary N) is 1. The molecule has 1 rings (SSSR count). The topological polar surface area (TPSA) is 72.0 Å². The van der Waals surface area contributed by atoms with Crippen molar-refractivity contribution in [3.8, 4) is 0 Å². The third-order valence-corrected chi connectivity index (χ3v) is 2.83. The molecule has 0 saturated carbocycles. The van der Waals surface area contributed by atoms with Crippen LogP contribution in [0, 0.1) is 6.92 Å². The van der Waals surface area contributed by atoms with Gasteiger partial charge in [-0.3, -0.25) is 0 Å². The van der Waals surface area contributed by atoms with E-state index >= 15 is 0 Å². The van der Waals surface area contributed by atoms with Gasteiger partial charge in [-0.25, -0.2) is 18.4 Å². The van der Waals surface area contributed by atoms with Crippen LogP contribution < -0.4 is 5.32 Å². The van der Waals surface area contributed by atoms with Crippen molar-refractivity contribution in [2.75, 3.05) is 17.3 Å². The van der Waals surface area contributed by atoms with E-state index in [1.165, 1.54) is 6.26 Å². The van der Waals surface area contributed by atoms with Gasteiger partial charge in [-0.2, -0.15) is 0 Å². The minimum Gasteiger partial charge on any atom is -0.351 e. The Morgan fingerprint density at radius 2 is 2.20 bits per heavy atom. The molecule has 0 aromatic carbocycles. The molecule has 0 radical (unpaired) electrons. The van der Waals surface area contributed by atoms with Gasteiger partial charge in [-0.15, -0.1) is 0 Å². The summed E-state index contributed by atoms with van der Waals surface area (Å²) in [6.07, 6.45) is 2.85. The summed E-state index contributed by atoms with van der Waals surface area (Å²) in [5.41, 5.74) is 0.846. The van der Waals surface area contributed by atoms with Gasteiger partial charge in [0.25, 0.3) is 0 Å². The second-order valence-corrected chi connectivity index (χ2v) is 5.84. The van der Waals surface area contributed by atoms with Crippen LogP contribution in [0.5, 0.6) is 0 Å². The summed E-state index contributed by atoms with van der Waals surface area (Å²) < 4.78 is 22.0. The van der Waals surface area contributed by atoms with Gasteiger partial charge in [0, 0.05) is 24.2 Å². The standard InChI is InChI=1S/C9H15N3O2S/c1-7-4-5-10-9(11-7)12-8(2)6-15(3,13)14/h4-5,8H,6H2,1-3H3,(H,10,11,12). The maximum atomic E-state index is 11.0. The van der Waals surface area contributed by atoms with Crippen LogP contribution in [-0.2, 0) is 9.84 Å². The van der Waals surface area contributed by atoms with Crippen LogP contribution in [0.4, 0.5) is 5.95 Å². The molecule has 6 heteroatoms. The molecule has 0 bridgehead atoms. The highest BCUT2D eigenvalue weighted by atomic mass is 32.2. The van der Waals surface area contributed by atoms with Gasteiger partial charge in [0.1, 0.15) is 9.84 Å². The van der Waals surface area contributed by atoms with Gasteiger partial charge in [0.15, 0.2) is 0 Å². The minimum absolute atomic E-state index is 0.0737. The first-order valence-corrected chi connectivity index (χ1v) is 6.67. The molecule has 1 atom stereocenters. The van der Waals surface area contributed by atoms with E-state index in [4.69, 9.17) is 0 Å². The number of hydrogen-bond donors (Lipinski definition) is 1. The van der Waals surface area contributed by atoms with E-state index < -0.39 is 9.84 Å². The van der Waals surface area contributed by atoms with Crippen LogP contribution in [0.25, 0.3) is 0 Å². The van der Waals surface area contributed by atoms with E-state index in [-0.39, 0.29) is 11.8 Å². The van der Waals surface area contributed by atoms with E-state index in [2.05, 4.69) is 15.3 Å². The van der Waals surface area contributed by atoms with Crippen molar-refractivity contribution < 1.29 is 8.42 Å². The molecule has 1 N–H and O–H groups in total. The van der Waals surface area contributed by atoms with Gasteiger partial charge in [-0.05, 0) is 19.9 Å². The molecular weight excluding hydrogens is 214 g/mol. The lowest BCUT2D eigenvalue weighted by Crippen LogP contribution is -2.26. The highest BCUT2D eigenvalue weighted by Crippen LogP contribution is 2.02. The maximum absolute atomic E-state index is 11.0. The lowest BCUT2D eigenvalue weighted by atomic mass is 10.4. The van der Waals surface area contributed by atoms with Crippen LogP contribution >= 0.6 is 0 Å². The molecule has 84 valence electrons. The summed E-state index contributed by atoms with van der Waals surface area (Å²) >= 11 is 0. The number of anilines is 1. The summed E-state index contributed by atoms with van der Waals surface area (Å²) in [5, 5.41) is 2.94. The molecule has 0 fully saturated rings. The first kappa shape index (κ1) is 11.9. The monoisotopic (exact) mass is 229 g/mol. The Morgan fingerprint density at radius 1 is 1.53 bits per heavy atom. The molecule has 0 aliphatic heterocycles. The second kappa shape index (κ2) is 4.57. The lowest BCUT2D eigenvalue weighted by molar-refractivity contribution is 0.597. The van der Waals surface area contributed by atoms with E-state index in [1.54, 1.807) is 19.2 Å². The summed E-state index contributed by atoms with van der Waals surface area (Å²) in [6, 6.07) is 1.59. The third-order valence-electron chi connectivity index (χ3n) is 1.72. The maximum Gasteiger partial charge on any atom is 0.223 e. The summed E-state index contributed by atoms with van der Waals surface area (Å²) in [5.74, 6) is 0.538. The minimum atomic E-state index is -2.97. The van der Waals surface area contributed by atoms with Crippen LogP contribution in [0.2, 0.25) is 0 Å². The number of sulfone groups is 1. The molecule has 0 spiro atoms. The van der Waals surface area contributed by atoms with Crippen molar-refractivity contribution >= 4 is 15.8 Å². The highest BCUT2D eigenvalue weighted by molar-refractivity contribution is 7.90. The molecule has 1 aromatic heterocycles. The van der Waals surface area contributed by atoms with Crippen molar-refractivity contribution in [2.24, 2.45) is 0 Å². The molecule has 1 heterocycles. The molecule has 0 saturated heterocycles. The molecule has 5 nitrogen and oxygen atoms in total. The smallest absolute Gasteiger partial charge is 0.223 e. The van der Waals surface area contributed by atoms with Gasteiger partial charge < -0.3 is 5.32 Å². The van der Waals surface area contributed by atoms with E-state index in [0.717, 1.165) is 5.69 Å². The number of rotatable bonds is 4. The largest absolute Gasteiger partial charge is 0.351 e. The van der Waals surface area contributed by atoms with E-state index in [9.17, 15) is 8.42 Å². The summed E-state index contributed by atoms with van der Waals surface area (Å²) in [7, 11) is -2.97. The molecule has 1 aromatic rings. The van der Waals surface area contributed by atoms with Crippen molar-refractivity contribution in [3.63, 3.8) is 0 Å². The molecule has 0 amide bonds. The zero-order chi connectivity index (χ0) is 11.5. The number of aromatic nitrogens is 2. The van der Waals surface area contributed by atoms with Crippen LogP contribution in [0.1, 0.15) is 12.6 Å². The number of hydrogen-bond acceptors (Lipinski definition) is 5. The first-order valence-electron chi connectivity index (χ1n) is 4.61. The Morgan fingerprint density at radius 3 is 2.73 bits per heavy atom.